The number of carbonyl (C=O) groups is 1. The van der Waals surface area contributed by atoms with Gasteiger partial charge in [-0.05, 0) is 38.6 Å². The minimum absolute atomic E-state index is 0.226. The molecular formula is C17H24ClN5O2. The monoisotopic (exact) mass is 365 g/mol. The lowest BCUT2D eigenvalue weighted by Crippen LogP contribution is -2.34. The van der Waals surface area contributed by atoms with E-state index in [1.54, 1.807) is 26.2 Å². The van der Waals surface area contributed by atoms with Crippen molar-refractivity contribution in [3.05, 3.63) is 40.7 Å². The molecule has 0 saturated heterocycles. The lowest BCUT2D eigenvalue weighted by Gasteiger charge is -2.16. The highest BCUT2D eigenvalue weighted by molar-refractivity contribution is 6.30. The highest BCUT2D eigenvalue weighted by Crippen LogP contribution is 2.14. The molecule has 0 unspecified atom stereocenters. The van der Waals surface area contributed by atoms with E-state index >= 15 is 0 Å². The van der Waals surface area contributed by atoms with Gasteiger partial charge in [0.15, 0.2) is 5.69 Å². The average molecular weight is 366 g/mol. The number of nitrogens with one attached hydrogen (secondary N) is 1. The summed E-state index contributed by atoms with van der Waals surface area (Å²) in [5, 5.41) is 12.1. The summed E-state index contributed by atoms with van der Waals surface area (Å²) in [6, 6.07) is 7.17. The molecule has 0 atom stereocenters. The average Bonchev–Trinajstić information content (AvgIpc) is 2.97. The zero-order chi connectivity index (χ0) is 18.2. The van der Waals surface area contributed by atoms with Gasteiger partial charge in [0.2, 0.25) is 0 Å². The zero-order valence-electron chi connectivity index (χ0n) is 14.8. The molecule has 0 bridgehead atoms. The van der Waals surface area contributed by atoms with Gasteiger partial charge in [-0.1, -0.05) is 17.7 Å². The molecule has 0 aliphatic rings. The summed E-state index contributed by atoms with van der Waals surface area (Å²) >= 11 is 5.99. The summed E-state index contributed by atoms with van der Waals surface area (Å²) in [6.45, 7) is 4.73. The van der Waals surface area contributed by atoms with Gasteiger partial charge < -0.3 is 15.0 Å². The first kappa shape index (κ1) is 19.4. The number of aryl methyl sites for hydroxylation is 1. The van der Waals surface area contributed by atoms with E-state index in [9.17, 15) is 4.79 Å². The van der Waals surface area contributed by atoms with E-state index < -0.39 is 0 Å². The maximum Gasteiger partial charge on any atom is 0.273 e. The minimum Gasteiger partial charge on any atom is -0.385 e. The van der Waals surface area contributed by atoms with Crippen LogP contribution < -0.4 is 5.32 Å². The van der Waals surface area contributed by atoms with Crippen LogP contribution in [0.3, 0.4) is 0 Å². The minimum atomic E-state index is -0.226. The van der Waals surface area contributed by atoms with Gasteiger partial charge in [0, 0.05) is 38.4 Å². The smallest absolute Gasteiger partial charge is 0.273 e. The van der Waals surface area contributed by atoms with Crippen LogP contribution in [0.25, 0.3) is 5.69 Å². The molecule has 2 aromatic rings. The van der Waals surface area contributed by atoms with E-state index in [1.165, 1.54) is 4.80 Å². The standard InChI is InChI=1S/C17H24ClN5O2/c1-13-16(17(24)19-8-10-22(2)9-5-11-25-3)21-23(20-13)15-7-4-6-14(18)12-15/h4,6-7,12H,5,8-11H2,1-3H3,(H,19,24). The maximum absolute atomic E-state index is 12.3. The second kappa shape index (κ2) is 9.50. The molecule has 25 heavy (non-hydrogen) atoms. The summed E-state index contributed by atoms with van der Waals surface area (Å²) in [4.78, 5) is 15.9. The normalized spacial score (nSPS) is 11.1. The molecule has 1 aromatic heterocycles. The second-order valence-electron chi connectivity index (χ2n) is 5.81. The summed E-state index contributed by atoms with van der Waals surface area (Å²) in [5.74, 6) is -0.226. The number of nitrogens with zero attached hydrogens (tertiary/aromatic N) is 4. The van der Waals surface area contributed by atoms with Gasteiger partial charge in [-0.25, -0.2) is 0 Å². The van der Waals surface area contributed by atoms with Crippen LogP contribution in [-0.2, 0) is 4.74 Å². The first-order valence-electron chi connectivity index (χ1n) is 8.17. The zero-order valence-corrected chi connectivity index (χ0v) is 15.6. The number of benzene rings is 1. The SMILES string of the molecule is COCCCN(C)CCNC(=O)c1nn(-c2cccc(Cl)c2)nc1C. The molecule has 0 radical (unpaired) electrons. The van der Waals surface area contributed by atoms with Crippen molar-refractivity contribution in [2.75, 3.05) is 40.4 Å². The predicted octanol–water partition coefficient (Wildman–Crippen LogP) is 1.93. The fourth-order valence-corrected chi connectivity index (χ4v) is 2.52. The van der Waals surface area contributed by atoms with Crippen LogP contribution in [0.1, 0.15) is 22.6 Å². The molecule has 1 aromatic carbocycles. The van der Waals surface area contributed by atoms with Crippen LogP contribution in [0.4, 0.5) is 0 Å². The van der Waals surface area contributed by atoms with E-state index in [4.69, 9.17) is 16.3 Å². The van der Waals surface area contributed by atoms with Crippen molar-refractivity contribution in [2.45, 2.75) is 13.3 Å². The summed E-state index contributed by atoms with van der Waals surface area (Å²) in [5.41, 5.74) is 1.61. The lowest BCUT2D eigenvalue weighted by atomic mass is 10.3. The molecule has 0 spiro atoms. The van der Waals surface area contributed by atoms with Crippen LogP contribution in [0.5, 0.6) is 0 Å². The Morgan fingerprint density at radius 3 is 2.88 bits per heavy atom. The van der Waals surface area contributed by atoms with Crippen molar-refractivity contribution in [1.29, 1.82) is 0 Å². The third-order valence-electron chi connectivity index (χ3n) is 3.70. The van der Waals surface area contributed by atoms with Crippen molar-refractivity contribution >= 4 is 17.5 Å². The predicted molar refractivity (Wildman–Crippen MR) is 97.4 cm³/mol. The van der Waals surface area contributed by atoms with Gasteiger partial charge in [-0.2, -0.15) is 9.90 Å². The molecule has 2 rings (SSSR count). The third kappa shape index (κ3) is 5.81. The van der Waals surface area contributed by atoms with Crippen LogP contribution in [0.15, 0.2) is 24.3 Å². The first-order valence-corrected chi connectivity index (χ1v) is 8.54. The van der Waals surface area contributed by atoms with E-state index in [0.29, 0.717) is 28.6 Å². The van der Waals surface area contributed by atoms with Crippen molar-refractivity contribution in [3.63, 3.8) is 0 Å². The van der Waals surface area contributed by atoms with Crippen LogP contribution in [0, 0.1) is 6.92 Å². The van der Waals surface area contributed by atoms with E-state index in [0.717, 1.165) is 26.1 Å². The highest BCUT2D eigenvalue weighted by atomic mass is 35.5. The first-order chi connectivity index (χ1) is 12.0. The fraction of sp³-hybridized carbons (Fsp3) is 0.471. The molecule has 1 heterocycles. The van der Waals surface area contributed by atoms with Crippen molar-refractivity contribution in [1.82, 2.24) is 25.2 Å². The van der Waals surface area contributed by atoms with E-state index in [-0.39, 0.29) is 5.91 Å². The van der Waals surface area contributed by atoms with E-state index in [1.807, 2.05) is 19.2 Å². The van der Waals surface area contributed by atoms with Gasteiger partial charge in [-0.3, -0.25) is 4.79 Å². The van der Waals surface area contributed by atoms with Gasteiger partial charge in [-0.15, -0.1) is 5.10 Å². The quantitative estimate of drug-likeness (QED) is 0.687. The van der Waals surface area contributed by atoms with Gasteiger partial charge in [0.05, 0.1) is 11.4 Å². The summed E-state index contributed by atoms with van der Waals surface area (Å²) in [7, 11) is 3.71. The van der Waals surface area contributed by atoms with E-state index in [2.05, 4.69) is 20.4 Å². The summed E-state index contributed by atoms with van der Waals surface area (Å²) < 4.78 is 5.03. The Hall–Kier alpha value is -1.96. The Balaban J connectivity index is 1.90. The van der Waals surface area contributed by atoms with Crippen molar-refractivity contribution in [3.8, 4) is 5.69 Å². The molecule has 0 fully saturated rings. The van der Waals surface area contributed by atoms with Crippen LogP contribution in [0.2, 0.25) is 5.02 Å². The molecule has 1 amide bonds. The summed E-state index contributed by atoms with van der Waals surface area (Å²) in [6.07, 6.45) is 0.966. The van der Waals surface area contributed by atoms with Crippen LogP contribution >= 0.6 is 11.6 Å². The molecule has 136 valence electrons. The molecule has 8 heteroatoms. The largest absolute Gasteiger partial charge is 0.385 e. The number of ether oxygens (including phenoxy) is 1. The number of aromatic nitrogens is 3. The Kier molecular flexibility index (Phi) is 7.36. The molecule has 0 saturated carbocycles. The Labute approximate surface area is 152 Å². The number of halogens is 1. The van der Waals surface area contributed by atoms with Gasteiger partial charge in [0.25, 0.3) is 5.91 Å². The third-order valence-corrected chi connectivity index (χ3v) is 3.94. The number of methoxy groups -OCH3 is 1. The van der Waals surface area contributed by atoms with Gasteiger partial charge in [0.1, 0.15) is 0 Å². The van der Waals surface area contributed by atoms with Gasteiger partial charge >= 0.3 is 0 Å². The lowest BCUT2D eigenvalue weighted by molar-refractivity contribution is 0.0943. The number of hydrogen-bond acceptors (Lipinski definition) is 5. The second-order valence-corrected chi connectivity index (χ2v) is 6.25. The maximum atomic E-state index is 12.3. The number of hydrogen-bond donors (Lipinski definition) is 1. The number of rotatable bonds is 9. The van der Waals surface area contributed by atoms with Crippen molar-refractivity contribution < 1.29 is 9.53 Å². The Morgan fingerprint density at radius 2 is 2.16 bits per heavy atom. The molecular weight excluding hydrogens is 342 g/mol. The molecule has 0 aliphatic heterocycles. The van der Waals surface area contributed by atoms with Crippen molar-refractivity contribution in [2.24, 2.45) is 0 Å². The number of carbonyl (C=O) groups excluding carboxylic acids is 1. The Bertz CT molecular complexity index is 704. The number of amides is 1. The Morgan fingerprint density at radius 1 is 1.36 bits per heavy atom. The molecule has 1 N–H and O–H groups in total. The molecule has 7 nitrogen and oxygen atoms in total. The fourth-order valence-electron chi connectivity index (χ4n) is 2.34. The van der Waals surface area contributed by atoms with Crippen LogP contribution in [-0.4, -0.2) is 66.2 Å². The topological polar surface area (TPSA) is 72.3 Å². The molecule has 0 aliphatic carbocycles. The number of likely N-dealkylation sites (N-methyl/N-ethyl adjacent to an activating group) is 1. The highest BCUT2D eigenvalue weighted by Gasteiger charge is 2.16.